The highest BCUT2D eigenvalue weighted by Crippen LogP contribution is 2.27. The van der Waals surface area contributed by atoms with Crippen molar-refractivity contribution < 1.29 is 15.3 Å². The Kier molecular flexibility index (Phi) is 6.18. The summed E-state index contributed by atoms with van der Waals surface area (Å²) in [5.74, 6) is -0.323. The van der Waals surface area contributed by atoms with Gasteiger partial charge in [-0.2, -0.15) is 0 Å². The maximum atomic E-state index is 9.32. The highest BCUT2D eigenvalue weighted by atomic mass is 35.5. The molecule has 0 heterocycles. The lowest BCUT2D eigenvalue weighted by atomic mass is 10.1. The molecule has 0 bridgehead atoms. The van der Waals surface area contributed by atoms with E-state index < -0.39 is 0 Å². The second kappa shape index (κ2) is 6.58. The van der Waals surface area contributed by atoms with Crippen molar-refractivity contribution in [3.05, 3.63) is 23.8 Å². The summed E-state index contributed by atoms with van der Waals surface area (Å²) >= 11 is 0. The highest BCUT2D eigenvalue weighted by Gasteiger charge is 2.12. The zero-order chi connectivity index (χ0) is 11.4. The average molecular weight is 248 g/mol. The molecule has 0 aromatic heterocycles. The molecule has 5 heteroatoms. The van der Waals surface area contributed by atoms with Gasteiger partial charge < -0.3 is 20.6 Å². The number of aliphatic hydroxyl groups excluding tert-OH is 1. The van der Waals surface area contributed by atoms with E-state index in [1.54, 1.807) is 6.07 Å². The number of hydrogen-bond donors (Lipinski definition) is 4. The van der Waals surface area contributed by atoms with Gasteiger partial charge in [-0.05, 0) is 17.7 Å². The summed E-state index contributed by atoms with van der Waals surface area (Å²) in [6.45, 7) is 3.90. The van der Waals surface area contributed by atoms with Crippen LogP contribution in [0.3, 0.4) is 0 Å². The van der Waals surface area contributed by atoms with Gasteiger partial charge in [-0.3, -0.25) is 0 Å². The van der Waals surface area contributed by atoms with E-state index in [2.05, 4.69) is 5.32 Å². The fourth-order valence-corrected chi connectivity index (χ4v) is 1.41. The van der Waals surface area contributed by atoms with Crippen molar-refractivity contribution in [1.29, 1.82) is 0 Å². The number of benzene rings is 1. The number of aliphatic hydroxyl groups is 1. The predicted octanol–water partition coefficient (Wildman–Crippen LogP) is 1.55. The lowest BCUT2D eigenvalue weighted by Crippen LogP contribution is -2.30. The van der Waals surface area contributed by atoms with Crippen molar-refractivity contribution in [1.82, 2.24) is 5.32 Å². The molecule has 0 fully saturated rings. The highest BCUT2D eigenvalue weighted by molar-refractivity contribution is 5.85. The van der Waals surface area contributed by atoms with E-state index in [0.29, 0.717) is 0 Å². The number of rotatable bonds is 4. The fourth-order valence-electron chi connectivity index (χ4n) is 1.41. The van der Waals surface area contributed by atoms with Crippen LogP contribution in [-0.2, 0) is 0 Å². The van der Waals surface area contributed by atoms with Crippen LogP contribution in [0.1, 0.15) is 25.5 Å². The Bertz CT molecular complexity index is 331. The Labute approximate surface area is 101 Å². The molecule has 1 atom stereocenters. The molecule has 92 valence electrons. The first kappa shape index (κ1) is 15.0. The van der Waals surface area contributed by atoms with Gasteiger partial charge in [0, 0.05) is 6.04 Å². The molecule has 1 unspecified atom stereocenters. The molecule has 16 heavy (non-hydrogen) atoms. The minimum absolute atomic E-state index is 0. The van der Waals surface area contributed by atoms with E-state index in [0.717, 1.165) is 5.56 Å². The van der Waals surface area contributed by atoms with Crippen molar-refractivity contribution in [2.24, 2.45) is 0 Å². The molecular weight excluding hydrogens is 230 g/mol. The van der Waals surface area contributed by atoms with Gasteiger partial charge in [0.05, 0.1) is 12.6 Å². The molecule has 0 aliphatic rings. The van der Waals surface area contributed by atoms with Crippen LogP contribution in [0, 0.1) is 0 Å². The minimum atomic E-state index is -0.225. The van der Waals surface area contributed by atoms with E-state index >= 15 is 0 Å². The Morgan fingerprint density at radius 2 is 1.81 bits per heavy atom. The SMILES string of the molecule is CC(C)NC(CO)c1ccc(O)c(O)c1.Cl. The second-order valence-corrected chi connectivity index (χ2v) is 3.80. The largest absolute Gasteiger partial charge is 0.504 e. The van der Waals surface area contributed by atoms with Gasteiger partial charge in [-0.25, -0.2) is 0 Å². The van der Waals surface area contributed by atoms with E-state index in [1.807, 2.05) is 13.8 Å². The number of phenols is 2. The molecule has 0 amide bonds. The molecular formula is C11H18ClNO3. The molecule has 1 aromatic rings. The number of halogens is 1. The molecule has 0 spiro atoms. The number of phenolic OH excluding ortho intramolecular Hbond substituents is 2. The van der Waals surface area contributed by atoms with Crippen LogP contribution in [0.15, 0.2) is 18.2 Å². The first-order chi connectivity index (χ1) is 7.04. The zero-order valence-electron chi connectivity index (χ0n) is 9.34. The summed E-state index contributed by atoms with van der Waals surface area (Å²) in [6.07, 6.45) is 0. The molecule has 1 rings (SSSR count). The summed E-state index contributed by atoms with van der Waals surface area (Å²) in [5.41, 5.74) is 0.751. The van der Waals surface area contributed by atoms with Crippen LogP contribution in [0.5, 0.6) is 11.5 Å². The quantitative estimate of drug-likeness (QED) is 0.610. The van der Waals surface area contributed by atoms with Crippen LogP contribution in [-0.4, -0.2) is 28.0 Å². The average Bonchev–Trinajstić information content (AvgIpc) is 2.18. The van der Waals surface area contributed by atoms with E-state index in [4.69, 9.17) is 5.11 Å². The van der Waals surface area contributed by atoms with Crippen LogP contribution in [0.25, 0.3) is 0 Å². The monoisotopic (exact) mass is 247 g/mol. The Morgan fingerprint density at radius 3 is 2.25 bits per heavy atom. The maximum Gasteiger partial charge on any atom is 0.157 e. The molecule has 0 saturated carbocycles. The number of hydrogen-bond acceptors (Lipinski definition) is 4. The van der Waals surface area contributed by atoms with Gasteiger partial charge in [0.15, 0.2) is 11.5 Å². The lowest BCUT2D eigenvalue weighted by molar-refractivity contribution is 0.237. The molecule has 0 saturated heterocycles. The summed E-state index contributed by atoms with van der Waals surface area (Å²) in [5, 5.41) is 30.8. The maximum absolute atomic E-state index is 9.32. The van der Waals surface area contributed by atoms with E-state index in [1.165, 1.54) is 12.1 Å². The summed E-state index contributed by atoms with van der Waals surface area (Å²) < 4.78 is 0. The standard InChI is InChI=1S/C11H17NO3.ClH/c1-7(2)12-9(6-13)8-3-4-10(14)11(15)5-8;/h3-5,7,9,12-15H,6H2,1-2H3;1H. The van der Waals surface area contributed by atoms with Gasteiger partial charge in [-0.1, -0.05) is 19.9 Å². The van der Waals surface area contributed by atoms with Crippen molar-refractivity contribution >= 4 is 12.4 Å². The first-order valence-corrected chi connectivity index (χ1v) is 4.93. The second-order valence-electron chi connectivity index (χ2n) is 3.80. The lowest BCUT2D eigenvalue weighted by Gasteiger charge is -2.19. The predicted molar refractivity (Wildman–Crippen MR) is 65.1 cm³/mol. The zero-order valence-corrected chi connectivity index (χ0v) is 10.2. The Balaban J connectivity index is 0.00000225. The Hall–Kier alpha value is -0.970. The minimum Gasteiger partial charge on any atom is -0.504 e. The molecule has 0 aliphatic heterocycles. The van der Waals surface area contributed by atoms with Gasteiger partial charge in [0.2, 0.25) is 0 Å². The van der Waals surface area contributed by atoms with Crippen molar-refractivity contribution in [3.63, 3.8) is 0 Å². The molecule has 0 radical (unpaired) electrons. The van der Waals surface area contributed by atoms with E-state index in [9.17, 15) is 10.2 Å². The Morgan fingerprint density at radius 1 is 1.19 bits per heavy atom. The topological polar surface area (TPSA) is 72.7 Å². The van der Waals surface area contributed by atoms with Crippen molar-refractivity contribution in [2.45, 2.75) is 25.9 Å². The number of aromatic hydroxyl groups is 2. The van der Waals surface area contributed by atoms with E-state index in [-0.39, 0.29) is 42.6 Å². The third-order valence-corrected chi connectivity index (χ3v) is 2.12. The van der Waals surface area contributed by atoms with Crippen LogP contribution < -0.4 is 5.32 Å². The van der Waals surface area contributed by atoms with Crippen LogP contribution >= 0.6 is 12.4 Å². The third-order valence-electron chi connectivity index (χ3n) is 2.12. The van der Waals surface area contributed by atoms with Crippen molar-refractivity contribution in [2.75, 3.05) is 6.61 Å². The van der Waals surface area contributed by atoms with Crippen molar-refractivity contribution in [3.8, 4) is 11.5 Å². The number of nitrogens with one attached hydrogen (secondary N) is 1. The summed E-state index contributed by atoms with van der Waals surface area (Å²) in [6, 6.07) is 4.54. The van der Waals surface area contributed by atoms with Gasteiger partial charge >= 0.3 is 0 Å². The normalized spacial score (nSPS) is 12.2. The fraction of sp³-hybridized carbons (Fsp3) is 0.455. The molecule has 4 nitrogen and oxygen atoms in total. The van der Waals surface area contributed by atoms with Gasteiger partial charge in [0.1, 0.15) is 0 Å². The molecule has 1 aromatic carbocycles. The van der Waals surface area contributed by atoms with Gasteiger partial charge in [-0.15, -0.1) is 12.4 Å². The third kappa shape index (κ3) is 3.89. The van der Waals surface area contributed by atoms with Crippen LogP contribution in [0.2, 0.25) is 0 Å². The molecule has 0 aliphatic carbocycles. The van der Waals surface area contributed by atoms with Gasteiger partial charge in [0.25, 0.3) is 0 Å². The van der Waals surface area contributed by atoms with Crippen LogP contribution in [0.4, 0.5) is 0 Å². The first-order valence-electron chi connectivity index (χ1n) is 4.93. The smallest absolute Gasteiger partial charge is 0.157 e. The summed E-state index contributed by atoms with van der Waals surface area (Å²) in [4.78, 5) is 0. The summed E-state index contributed by atoms with van der Waals surface area (Å²) in [7, 11) is 0. The molecule has 4 N–H and O–H groups in total.